The van der Waals surface area contributed by atoms with Crippen molar-refractivity contribution in [3.05, 3.63) is 65.7 Å². The highest BCUT2D eigenvalue weighted by molar-refractivity contribution is 5.79. The van der Waals surface area contributed by atoms with Gasteiger partial charge in [-0.05, 0) is 54.7 Å². The van der Waals surface area contributed by atoms with E-state index in [0.717, 1.165) is 50.0 Å². The van der Waals surface area contributed by atoms with Crippen LogP contribution < -0.4 is 0 Å². The van der Waals surface area contributed by atoms with Gasteiger partial charge in [-0.2, -0.15) is 0 Å². The molecule has 3 heterocycles. The van der Waals surface area contributed by atoms with Crippen LogP contribution in [0.4, 0.5) is 4.39 Å². The molecule has 2 aliphatic heterocycles. The fraction of sp³-hybridized carbons (Fsp3) is 0.429. The van der Waals surface area contributed by atoms with Crippen molar-refractivity contribution in [1.82, 2.24) is 14.8 Å². The molecule has 2 saturated heterocycles. The van der Waals surface area contributed by atoms with Crippen LogP contribution in [0.1, 0.15) is 36.8 Å². The summed E-state index contributed by atoms with van der Waals surface area (Å²) in [6, 6.07) is 10.7. The lowest BCUT2D eigenvalue weighted by atomic mass is 9.84. The molecule has 2 aromatic rings. The van der Waals surface area contributed by atoms with Crippen molar-refractivity contribution in [2.75, 3.05) is 13.1 Å². The molecule has 1 aromatic heterocycles. The number of benzene rings is 1. The third-order valence-corrected chi connectivity index (χ3v) is 5.87. The normalized spacial score (nSPS) is 20.0. The lowest BCUT2D eigenvalue weighted by molar-refractivity contribution is -0.133. The Balaban J connectivity index is 1.41. The second kappa shape index (κ2) is 7.16. The largest absolute Gasteiger partial charge is 0.333 e. The van der Waals surface area contributed by atoms with Gasteiger partial charge in [-0.1, -0.05) is 12.1 Å². The number of hydrogen-bond donors (Lipinski definition) is 0. The van der Waals surface area contributed by atoms with Crippen LogP contribution in [0.15, 0.2) is 48.8 Å². The molecule has 5 heteroatoms. The summed E-state index contributed by atoms with van der Waals surface area (Å²) >= 11 is 0. The molecule has 1 amide bonds. The van der Waals surface area contributed by atoms with E-state index in [-0.39, 0.29) is 17.3 Å². The molecule has 0 saturated carbocycles. The fourth-order valence-corrected chi connectivity index (χ4v) is 4.30. The monoisotopic (exact) mass is 353 g/mol. The summed E-state index contributed by atoms with van der Waals surface area (Å²) in [5, 5.41) is 0. The maximum atomic E-state index is 13.1. The van der Waals surface area contributed by atoms with Crippen LogP contribution in [0.3, 0.4) is 0 Å². The van der Waals surface area contributed by atoms with Crippen LogP contribution in [0.25, 0.3) is 0 Å². The van der Waals surface area contributed by atoms with Crippen LogP contribution >= 0.6 is 0 Å². The topological polar surface area (TPSA) is 36.4 Å². The van der Waals surface area contributed by atoms with E-state index in [9.17, 15) is 9.18 Å². The Morgan fingerprint density at radius 1 is 0.923 bits per heavy atom. The molecule has 0 radical (unpaired) electrons. The van der Waals surface area contributed by atoms with Gasteiger partial charge in [-0.3, -0.25) is 14.7 Å². The van der Waals surface area contributed by atoms with E-state index >= 15 is 0 Å². The van der Waals surface area contributed by atoms with Crippen molar-refractivity contribution < 1.29 is 9.18 Å². The van der Waals surface area contributed by atoms with Crippen LogP contribution in [-0.2, 0) is 17.9 Å². The molecule has 0 aliphatic carbocycles. The Bertz CT molecular complexity index is 755. The first-order chi connectivity index (χ1) is 12.6. The third kappa shape index (κ3) is 3.49. The summed E-state index contributed by atoms with van der Waals surface area (Å²) in [4.78, 5) is 21.1. The number of carbonyl (C=O) groups is 1. The van der Waals surface area contributed by atoms with Crippen molar-refractivity contribution in [2.24, 2.45) is 0 Å². The van der Waals surface area contributed by atoms with Gasteiger partial charge in [0.15, 0.2) is 0 Å². The van der Waals surface area contributed by atoms with Gasteiger partial charge in [0.1, 0.15) is 5.82 Å². The fourth-order valence-electron chi connectivity index (χ4n) is 4.30. The van der Waals surface area contributed by atoms with Crippen LogP contribution in [-0.4, -0.2) is 39.3 Å². The summed E-state index contributed by atoms with van der Waals surface area (Å²) in [7, 11) is 0. The van der Waals surface area contributed by atoms with Crippen LogP contribution in [0.2, 0.25) is 0 Å². The minimum absolute atomic E-state index is 0.000348. The maximum absolute atomic E-state index is 13.1. The van der Waals surface area contributed by atoms with E-state index in [4.69, 9.17) is 0 Å². The summed E-state index contributed by atoms with van der Waals surface area (Å²) in [5.74, 6) is 0.0800. The van der Waals surface area contributed by atoms with Gasteiger partial charge in [0.25, 0.3) is 0 Å². The quantitative estimate of drug-likeness (QED) is 0.845. The highest BCUT2D eigenvalue weighted by Crippen LogP contribution is 2.40. The average Bonchev–Trinajstić information content (AvgIpc) is 2.96. The van der Waals surface area contributed by atoms with Gasteiger partial charge >= 0.3 is 0 Å². The maximum Gasteiger partial charge on any atom is 0.223 e. The number of carbonyl (C=O) groups excluding carboxylic acids is 1. The molecule has 4 rings (SSSR count). The van der Waals surface area contributed by atoms with Gasteiger partial charge < -0.3 is 4.90 Å². The van der Waals surface area contributed by atoms with Gasteiger partial charge in [-0.25, -0.2) is 4.39 Å². The van der Waals surface area contributed by atoms with E-state index in [1.54, 1.807) is 12.4 Å². The number of hydrogen-bond acceptors (Lipinski definition) is 3. The molecule has 1 spiro atoms. The van der Waals surface area contributed by atoms with Gasteiger partial charge in [0.05, 0.1) is 0 Å². The van der Waals surface area contributed by atoms with Crippen molar-refractivity contribution in [3.8, 4) is 0 Å². The van der Waals surface area contributed by atoms with E-state index in [0.29, 0.717) is 13.0 Å². The Kier molecular flexibility index (Phi) is 4.72. The number of rotatable bonds is 4. The Morgan fingerprint density at radius 3 is 2.27 bits per heavy atom. The number of likely N-dealkylation sites (tertiary alicyclic amines) is 2. The highest BCUT2D eigenvalue weighted by atomic mass is 19.1. The molecule has 1 aromatic carbocycles. The zero-order valence-electron chi connectivity index (χ0n) is 14.9. The molecule has 26 heavy (non-hydrogen) atoms. The molecule has 0 bridgehead atoms. The van der Waals surface area contributed by atoms with Gasteiger partial charge in [0, 0.05) is 50.5 Å². The lowest BCUT2D eigenvalue weighted by Gasteiger charge is -2.45. The predicted molar refractivity (Wildman–Crippen MR) is 97.7 cm³/mol. The zero-order chi connectivity index (χ0) is 18.0. The molecular weight excluding hydrogens is 329 g/mol. The first kappa shape index (κ1) is 17.2. The summed E-state index contributed by atoms with van der Waals surface area (Å²) in [6.07, 6.45) is 7.20. The number of nitrogens with zero attached hydrogens (tertiary/aromatic N) is 3. The number of aromatic nitrogens is 1. The van der Waals surface area contributed by atoms with E-state index in [1.807, 2.05) is 24.3 Å². The number of pyridine rings is 1. The van der Waals surface area contributed by atoms with E-state index in [1.165, 1.54) is 12.1 Å². The van der Waals surface area contributed by atoms with Crippen molar-refractivity contribution >= 4 is 5.91 Å². The molecule has 0 N–H and O–H groups in total. The molecule has 2 aliphatic rings. The standard InChI is InChI=1S/C21H24FN3O/c22-19-3-1-17(2-4-19)15-24-13-9-21(10-14-24)8-5-20(26)25(21)16-18-6-11-23-12-7-18/h1-4,6-7,11-12H,5,8-10,13-16H2. The summed E-state index contributed by atoms with van der Waals surface area (Å²) in [6.45, 7) is 3.46. The molecule has 4 nitrogen and oxygen atoms in total. The van der Waals surface area contributed by atoms with Crippen LogP contribution in [0.5, 0.6) is 0 Å². The average molecular weight is 353 g/mol. The molecule has 2 fully saturated rings. The third-order valence-electron chi connectivity index (χ3n) is 5.87. The first-order valence-electron chi connectivity index (χ1n) is 9.31. The first-order valence-corrected chi connectivity index (χ1v) is 9.31. The van der Waals surface area contributed by atoms with E-state index < -0.39 is 0 Å². The molecule has 0 atom stereocenters. The van der Waals surface area contributed by atoms with E-state index in [2.05, 4.69) is 14.8 Å². The minimum atomic E-state index is -0.192. The Morgan fingerprint density at radius 2 is 1.58 bits per heavy atom. The van der Waals surface area contributed by atoms with Gasteiger partial charge in [-0.15, -0.1) is 0 Å². The number of piperidine rings is 1. The zero-order valence-corrected chi connectivity index (χ0v) is 14.9. The highest BCUT2D eigenvalue weighted by Gasteiger charge is 2.46. The van der Waals surface area contributed by atoms with Gasteiger partial charge in [0.2, 0.25) is 5.91 Å². The summed E-state index contributed by atoms with van der Waals surface area (Å²) in [5.41, 5.74) is 2.28. The second-order valence-electron chi connectivity index (χ2n) is 7.46. The smallest absolute Gasteiger partial charge is 0.223 e. The number of halogens is 1. The number of amides is 1. The predicted octanol–water partition coefficient (Wildman–Crippen LogP) is 3.38. The van der Waals surface area contributed by atoms with Crippen molar-refractivity contribution in [3.63, 3.8) is 0 Å². The van der Waals surface area contributed by atoms with Crippen LogP contribution in [0, 0.1) is 5.82 Å². The molecular formula is C21H24FN3O. The Hall–Kier alpha value is -2.27. The molecule has 136 valence electrons. The summed E-state index contributed by atoms with van der Waals surface area (Å²) < 4.78 is 13.1. The lowest BCUT2D eigenvalue weighted by Crippen LogP contribution is -2.52. The van der Waals surface area contributed by atoms with Crippen molar-refractivity contribution in [1.29, 1.82) is 0 Å². The SMILES string of the molecule is O=C1CCC2(CCN(Cc3ccc(F)cc3)CC2)N1Cc1ccncc1. The second-order valence-corrected chi connectivity index (χ2v) is 7.46. The minimum Gasteiger partial charge on any atom is -0.333 e. The van der Waals surface area contributed by atoms with Crippen molar-refractivity contribution in [2.45, 2.75) is 44.3 Å². The molecule has 0 unspecified atom stereocenters. The Labute approximate surface area is 153 Å².